The Labute approximate surface area is 152 Å². The molecule has 5 nitrogen and oxygen atoms in total. The number of hydrogen-bond donors (Lipinski definition) is 1. The maximum atomic E-state index is 13.2. The van der Waals surface area contributed by atoms with E-state index >= 15 is 0 Å². The summed E-state index contributed by atoms with van der Waals surface area (Å²) in [5.74, 6) is -0.616. The zero-order chi connectivity index (χ0) is 19.1. The lowest BCUT2D eigenvalue weighted by Crippen LogP contribution is -2.41. The van der Waals surface area contributed by atoms with Gasteiger partial charge in [0.05, 0.1) is 5.39 Å². The summed E-state index contributed by atoms with van der Waals surface area (Å²) >= 11 is 0. The lowest BCUT2D eigenvalue weighted by molar-refractivity contribution is 0.0973. The number of nitrogens with zero attached hydrogens (tertiary/aromatic N) is 2. The van der Waals surface area contributed by atoms with Crippen molar-refractivity contribution in [3.63, 3.8) is 0 Å². The number of carbonyl (C=O) groups is 1. The van der Waals surface area contributed by atoms with Crippen molar-refractivity contribution in [2.24, 2.45) is 0 Å². The number of carbonyl (C=O) groups excluding carboxylic acids is 1. The van der Waals surface area contributed by atoms with Crippen LogP contribution in [0.15, 0.2) is 59.4 Å². The molecule has 2 aromatic carbocycles. The van der Waals surface area contributed by atoms with Crippen LogP contribution in [0.25, 0.3) is 10.8 Å². The molecule has 0 spiro atoms. The molecule has 0 aliphatic heterocycles. The van der Waals surface area contributed by atoms with E-state index in [9.17, 15) is 14.7 Å². The molecule has 5 heteroatoms. The number of hydrogen-bond acceptors (Lipinski definition) is 3. The molecule has 0 aliphatic rings. The number of para-hydroxylation sites is 1. The molecule has 3 aromatic rings. The fourth-order valence-electron chi connectivity index (χ4n) is 3.10. The third kappa shape index (κ3) is 2.86. The van der Waals surface area contributed by atoms with E-state index in [2.05, 4.69) is 0 Å². The number of fused-ring (bicyclic) bond motifs is 1. The number of aromatic hydroxyl groups is 1. The van der Waals surface area contributed by atoms with Crippen molar-refractivity contribution in [2.75, 3.05) is 11.9 Å². The van der Waals surface area contributed by atoms with Crippen LogP contribution in [-0.2, 0) is 5.54 Å². The minimum absolute atomic E-state index is 0.00690. The molecular weight excluding hydrogens is 328 g/mol. The second-order valence-corrected chi connectivity index (χ2v) is 7.25. The van der Waals surface area contributed by atoms with E-state index in [1.165, 1.54) is 9.47 Å². The molecule has 1 N–H and O–H groups in total. The summed E-state index contributed by atoms with van der Waals surface area (Å²) in [4.78, 5) is 27.8. The number of amides is 1. The van der Waals surface area contributed by atoms with E-state index in [1.807, 2.05) is 39.0 Å². The Bertz CT molecular complexity index is 1030. The normalized spacial score (nSPS) is 11.5. The summed E-state index contributed by atoms with van der Waals surface area (Å²) in [5, 5.41) is 11.6. The van der Waals surface area contributed by atoms with Gasteiger partial charge in [0.2, 0.25) is 0 Å². The second kappa shape index (κ2) is 6.33. The van der Waals surface area contributed by atoms with Crippen molar-refractivity contribution in [3.8, 4) is 5.75 Å². The van der Waals surface area contributed by atoms with Gasteiger partial charge < -0.3 is 10.0 Å². The standard InChI is InChI=1S/C21H22N2O3/c1-21(2,3)23-17(20(26)22(4)14-10-6-5-7-11-14)18(24)15-12-8-9-13-16(15)19(23)25/h5-13,24H,1-4H3. The predicted octanol–water partition coefficient (Wildman–Crippen LogP) is 3.74. The van der Waals surface area contributed by atoms with Crippen LogP contribution in [0.2, 0.25) is 0 Å². The van der Waals surface area contributed by atoms with Gasteiger partial charge in [-0.25, -0.2) is 0 Å². The summed E-state index contributed by atoms with van der Waals surface area (Å²) in [6, 6.07) is 15.9. The van der Waals surface area contributed by atoms with Crippen LogP contribution in [0, 0.1) is 0 Å². The SMILES string of the molecule is CN(C(=O)c1c(O)c2ccccc2c(=O)n1C(C)(C)C)c1ccccc1. The van der Waals surface area contributed by atoms with E-state index in [4.69, 9.17) is 0 Å². The molecule has 1 amide bonds. The van der Waals surface area contributed by atoms with Gasteiger partial charge in [0.25, 0.3) is 11.5 Å². The fourth-order valence-corrected chi connectivity index (χ4v) is 3.10. The molecule has 0 atom stereocenters. The Kier molecular flexibility index (Phi) is 4.32. The van der Waals surface area contributed by atoms with Gasteiger partial charge in [-0.15, -0.1) is 0 Å². The number of anilines is 1. The van der Waals surface area contributed by atoms with E-state index in [0.717, 1.165) is 0 Å². The summed E-state index contributed by atoms with van der Waals surface area (Å²) in [6.45, 7) is 5.51. The van der Waals surface area contributed by atoms with Gasteiger partial charge in [0, 0.05) is 23.7 Å². The fraction of sp³-hybridized carbons (Fsp3) is 0.238. The predicted molar refractivity (Wildman–Crippen MR) is 104 cm³/mol. The molecule has 0 radical (unpaired) electrons. The average molecular weight is 350 g/mol. The number of pyridine rings is 1. The Hall–Kier alpha value is -3.08. The first-order chi connectivity index (χ1) is 12.2. The average Bonchev–Trinajstić information content (AvgIpc) is 2.63. The minimum atomic E-state index is -0.679. The van der Waals surface area contributed by atoms with Crippen molar-refractivity contribution < 1.29 is 9.90 Å². The molecule has 0 aliphatic carbocycles. The highest BCUT2D eigenvalue weighted by Gasteiger charge is 2.30. The van der Waals surface area contributed by atoms with Crippen molar-refractivity contribution in [1.29, 1.82) is 0 Å². The summed E-state index contributed by atoms with van der Waals surface area (Å²) in [7, 11) is 1.63. The van der Waals surface area contributed by atoms with Gasteiger partial charge in [0.15, 0.2) is 11.4 Å². The Morgan fingerprint density at radius 3 is 2.08 bits per heavy atom. The van der Waals surface area contributed by atoms with Crippen LogP contribution in [0.5, 0.6) is 5.75 Å². The summed E-state index contributed by atoms with van der Waals surface area (Å²) in [6.07, 6.45) is 0. The van der Waals surface area contributed by atoms with Gasteiger partial charge in [-0.3, -0.25) is 14.2 Å². The molecule has 0 fully saturated rings. The number of benzene rings is 2. The molecule has 3 rings (SSSR count). The topological polar surface area (TPSA) is 62.5 Å². The Morgan fingerprint density at radius 1 is 0.962 bits per heavy atom. The smallest absolute Gasteiger partial charge is 0.278 e. The van der Waals surface area contributed by atoms with Crippen LogP contribution in [0.1, 0.15) is 31.3 Å². The molecule has 0 unspecified atom stereocenters. The third-order valence-corrected chi connectivity index (χ3v) is 4.39. The molecule has 1 heterocycles. The van der Waals surface area contributed by atoms with Gasteiger partial charge in [-0.1, -0.05) is 36.4 Å². The van der Waals surface area contributed by atoms with E-state index in [0.29, 0.717) is 16.5 Å². The van der Waals surface area contributed by atoms with E-state index in [-0.39, 0.29) is 17.0 Å². The van der Waals surface area contributed by atoms with Crippen molar-refractivity contribution in [3.05, 3.63) is 70.6 Å². The molecule has 0 saturated carbocycles. The summed E-state index contributed by atoms with van der Waals surface area (Å²) < 4.78 is 1.38. The van der Waals surface area contributed by atoms with Crippen molar-refractivity contribution in [1.82, 2.24) is 4.57 Å². The molecule has 134 valence electrons. The van der Waals surface area contributed by atoms with Crippen LogP contribution in [0.4, 0.5) is 5.69 Å². The molecule has 1 aromatic heterocycles. The maximum absolute atomic E-state index is 13.2. The van der Waals surface area contributed by atoms with Crippen LogP contribution >= 0.6 is 0 Å². The van der Waals surface area contributed by atoms with Gasteiger partial charge in [-0.05, 0) is 39.0 Å². The Morgan fingerprint density at radius 2 is 1.50 bits per heavy atom. The molecular formula is C21H22N2O3. The highest BCUT2D eigenvalue weighted by molar-refractivity contribution is 6.09. The highest BCUT2D eigenvalue weighted by Crippen LogP contribution is 2.31. The monoisotopic (exact) mass is 350 g/mol. The lowest BCUT2D eigenvalue weighted by Gasteiger charge is -2.29. The zero-order valence-electron chi connectivity index (χ0n) is 15.4. The van der Waals surface area contributed by atoms with Crippen LogP contribution in [0.3, 0.4) is 0 Å². The van der Waals surface area contributed by atoms with Gasteiger partial charge in [0.1, 0.15) is 0 Å². The van der Waals surface area contributed by atoms with Crippen LogP contribution in [-0.4, -0.2) is 22.6 Å². The van der Waals surface area contributed by atoms with Gasteiger partial charge in [-0.2, -0.15) is 0 Å². The third-order valence-electron chi connectivity index (χ3n) is 4.39. The van der Waals surface area contributed by atoms with Gasteiger partial charge >= 0.3 is 0 Å². The van der Waals surface area contributed by atoms with Crippen molar-refractivity contribution >= 4 is 22.4 Å². The van der Waals surface area contributed by atoms with Crippen molar-refractivity contribution in [2.45, 2.75) is 26.3 Å². The molecule has 0 saturated heterocycles. The molecule has 26 heavy (non-hydrogen) atoms. The van der Waals surface area contributed by atoms with E-state index in [1.54, 1.807) is 43.4 Å². The largest absolute Gasteiger partial charge is 0.505 e. The second-order valence-electron chi connectivity index (χ2n) is 7.25. The Balaban J connectivity index is 2.33. The van der Waals surface area contributed by atoms with E-state index < -0.39 is 11.4 Å². The summed E-state index contributed by atoms with van der Waals surface area (Å²) in [5.41, 5.74) is -0.303. The minimum Gasteiger partial charge on any atom is -0.505 e. The number of aromatic nitrogens is 1. The first-order valence-electron chi connectivity index (χ1n) is 8.44. The molecule has 0 bridgehead atoms. The lowest BCUT2D eigenvalue weighted by atomic mass is 10.0. The van der Waals surface area contributed by atoms with Crippen LogP contribution < -0.4 is 10.5 Å². The first kappa shape index (κ1) is 17.7. The number of rotatable bonds is 2. The maximum Gasteiger partial charge on any atom is 0.278 e. The highest BCUT2D eigenvalue weighted by atomic mass is 16.3. The zero-order valence-corrected chi connectivity index (χ0v) is 15.4. The quantitative estimate of drug-likeness (QED) is 0.766. The first-order valence-corrected chi connectivity index (χ1v) is 8.44.